The number of nitrogens with zero attached hydrogens (tertiary/aromatic N) is 2. The lowest BCUT2D eigenvalue weighted by Gasteiger charge is -2.15. The zero-order valence-electron chi connectivity index (χ0n) is 19.8. The predicted molar refractivity (Wildman–Crippen MR) is 146 cm³/mol. The summed E-state index contributed by atoms with van der Waals surface area (Å²) in [5, 5.41) is 2.85. The summed E-state index contributed by atoms with van der Waals surface area (Å²) in [6, 6.07) is 30.4. The Balaban J connectivity index is 1.54. The molecular weight excluding hydrogens is 452 g/mol. The SMILES string of the molecule is COc1ccc2ccccc2c1/C=C1/SC(=Nc2ccc(C)cc2)N(CCc2ccccc2)C1=O. The lowest BCUT2D eigenvalue weighted by molar-refractivity contribution is -0.122. The quantitative estimate of drug-likeness (QED) is 0.280. The van der Waals surface area contributed by atoms with Crippen LogP contribution in [0.4, 0.5) is 5.69 Å². The van der Waals surface area contributed by atoms with Crippen molar-refractivity contribution < 1.29 is 9.53 Å². The zero-order chi connectivity index (χ0) is 24.2. The molecule has 0 bridgehead atoms. The highest BCUT2D eigenvalue weighted by Gasteiger charge is 2.33. The molecule has 0 aromatic heterocycles. The van der Waals surface area contributed by atoms with Gasteiger partial charge in [-0.15, -0.1) is 0 Å². The number of hydrogen-bond acceptors (Lipinski definition) is 4. The number of methoxy groups -OCH3 is 1. The van der Waals surface area contributed by atoms with E-state index >= 15 is 0 Å². The van der Waals surface area contributed by atoms with E-state index in [1.807, 2.05) is 72.8 Å². The van der Waals surface area contributed by atoms with Crippen LogP contribution in [0.5, 0.6) is 5.75 Å². The molecule has 1 fully saturated rings. The summed E-state index contributed by atoms with van der Waals surface area (Å²) in [6.45, 7) is 2.61. The first-order valence-electron chi connectivity index (χ1n) is 11.6. The molecule has 1 saturated heterocycles. The molecule has 174 valence electrons. The van der Waals surface area contributed by atoms with Crippen LogP contribution in [0.15, 0.2) is 101 Å². The van der Waals surface area contributed by atoms with E-state index in [0.717, 1.165) is 34.2 Å². The lowest BCUT2D eigenvalue weighted by atomic mass is 10.0. The first kappa shape index (κ1) is 22.9. The highest BCUT2D eigenvalue weighted by molar-refractivity contribution is 8.18. The summed E-state index contributed by atoms with van der Waals surface area (Å²) >= 11 is 1.42. The third-order valence-electron chi connectivity index (χ3n) is 6.04. The number of carbonyl (C=O) groups is 1. The van der Waals surface area contributed by atoms with Crippen LogP contribution in [-0.4, -0.2) is 29.6 Å². The second kappa shape index (κ2) is 10.2. The minimum atomic E-state index is -0.0354. The lowest BCUT2D eigenvalue weighted by Crippen LogP contribution is -2.31. The first-order valence-corrected chi connectivity index (χ1v) is 12.4. The van der Waals surface area contributed by atoms with Gasteiger partial charge in [0.15, 0.2) is 5.17 Å². The van der Waals surface area contributed by atoms with Crippen LogP contribution in [0.1, 0.15) is 16.7 Å². The molecular formula is C30H26N2O2S. The molecule has 0 N–H and O–H groups in total. The zero-order valence-corrected chi connectivity index (χ0v) is 20.6. The van der Waals surface area contributed by atoms with Gasteiger partial charge in [-0.05, 0) is 65.7 Å². The number of fused-ring (bicyclic) bond motifs is 1. The first-order chi connectivity index (χ1) is 17.1. The van der Waals surface area contributed by atoms with Gasteiger partial charge in [0.05, 0.1) is 17.7 Å². The predicted octanol–water partition coefficient (Wildman–Crippen LogP) is 7.00. The van der Waals surface area contributed by atoms with Crippen LogP contribution in [0, 0.1) is 6.92 Å². The van der Waals surface area contributed by atoms with Crippen molar-refractivity contribution in [2.24, 2.45) is 4.99 Å². The van der Waals surface area contributed by atoms with E-state index in [1.165, 1.54) is 22.9 Å². The maximum Gasteiger partial charge on any atom is 0.266 e. The molecule has 1 heterocycles. The van der Waals surface area contributed by atoms with Gasteiger partial charge >= 0.3 is 0 Å². The van der Waals surface area contributed by atoms with Crippen molar-refractivity contribution >= 4 is 45.4 Å². The van der Waals surface area contributed by atoms with Crippen LogP contribution < -0.4 is 4.74 Å². The molecule has 4 aromatic carbocycles. The fourth-order valence-electron chi connectivity index (χ4n) is 4.14. The molecule has 4 nitrogen and oxygen atoms in total. The Kier molecular flexibility index (Phi) is 6.68. The second-order valence-electron chi connectivity index (χ2n) is 8.44. The van der Waals surface area contributed by atoms with Crippen molar-refractivity contribution in [2.75, 3.05) is 13.7 Å². The molecule has 5 heteroatoms. The highest BCUT2D eigenvalue weighted by atomic mass is 32.2. The summed E-state index contributed by atoms with van der Waals surface area (Å²) in [7, 11) is 1.66. The number of rotatable bonds is 6. The number of benzene rings is 4. The van der Waals surface area contributed by atoms with E-state index in [-0.39, 0.29) is 5.91 Å². The number of amides is 1. The number of ether oxygens (including phenoxy) is 1. The molecule has 0 radical (unpaired) electrons. The molecule has 1 aliphatic rings. The van der Waals surface area contributed by atoms with Gasteiger partial charge in [0.1, 0.15) is 5.75 Å². The molecule has 35 heavy (non-hydrogen) atoms. The van der Waals surface area contributed by atoms with E-state index in [4.69, 9.17) is 9.73 Å². The minimum Gasteiger partial charge on any atom is -0.496 e. The topological polar surface area (TPSA) is 41.9 Å². The van der Waals surface area contributed by atoms with Crippen LogP contribution in [0.3, 0.4) is 0 Å². The van der Waals surface area contributed by atoms with E-state index in [2.05, 4.69) is 31.2 Å². The van der Waals surface area contributed by atoms with Gasteiger partial charge in [-0.25, -0.2) is 4.99 Å². The molecule has 0 atom stereocenters. The van der Waals surface area contributed by atoms with Gasteiger partial charge in [0.2, 0.25) is 0 Å². The number of aliphatic imine (C=N–C) groups is 1. The average Bonchev–Trinajstić information content (AvgIpc) is 3.18. The van der Waals surface area contributed by atoms with Gasteiger partial charge < -0.3 is 4.74 Å². The fourth-order valence-corrected chi connectivity index (χ4v) is 5.14. The Morgan fingerprint density at radius 3 is 2.43 bits per heavy atom. The van der Waals surface area contributed by atoms with Gasteiger partial charge in [0.25, 0.3) is 5.91 Å². The van der Waals surface area contributed by atoms with Crippen LogP contribution in [-0.2, 0) is 11.2 Å². The maximum atomic E-state index is 13.6. The van der Waals surface area contributed by atoms with Gasteiger partial charge in [-0.2, -0.15) is 0 Å². The molecule has 0 saturated carbocycles. The van der Waals surface area contributed by atoms with Crippen LogP contribution in [0.2, 0.25) is 0 Å². The summed E-state index contributed by atoms with van der Waals surface area (Å²) in [4.78, 5) is 20.9. The average molecular weight is 479 g/mol. The van der Waals surface area contributed by atoms with E-state index < -0.39 is 0 Å². The molecule has 4 aromatic rings. The van der Waals surface area contributed by atoms with Gasteiger partial charge in [-0.3, -0.25) is 9.69 Å². The van der Waals surface area contributed by atoms with Crippen LogP contribution >= 0.6 is 11.8 Å². The molecule has 5 rings (SSSR count). The summed E-state index contributed by atoms with van der Waals surface area (Å²) in [6.07, 6.45) is 2.70. The Morgan fingerprint density at radius 2 is 1.66 bits per heavy atom. The van der Waals surface area contributed by atoms with Crippen molar-refractivity contribution in [3.05, 3.63) is 113 Å². The number of amidine groups is 1. The summed E-state index contributed by atoms with van der Waals surface area (Å²) in [5.74, 6) is 0.705. The maximum absolute atomic E-state index is 13.6. The largest absolute Gasteiger partial charge is 0.496 e. The number of carbonyl (C=O) groups excluding carboxylic acids is 1. The van der Waals surface area contributed by atoms with E-state index in [0.29, 0.717) is 16.6 Å². The van der Waals surface area contributed by atoms with E-state index in [1.54, 1.807) is 12.0 Å². The molecule has 1 amide bonds. The summed E-state index contributed by atoms with van der Waals surface area (Å²) in [5.41, 5.74) is 4.10. The third kappa shape index (κ3) is 5.00. The monoisotopic (exact) mass is 478 g/mol. The molecule has 0 spiro atoms. The third-order valence-corrected chi connectivity index (χ3v) is 7.05. The number of thioether (sulfide) groups is 1. The number of aryl methyl sites for hydroxylation is 1. The van der Waals surface area contributed by atoms with Crippen molar-refractivity contribution in [3.8, 4) is 5.75 Å². The highest BCUT2D eigenvalue weighted by Crippen LogP contribution is 2.38. The second-order valence-corrected chi connectivity index (χ2v) is 9.44. The standard InChI is InChI=1S/C30H26N2O2S/c1-21-12-15-24(16-13-21)31-30-32(19-18-22-8-4-3-5-9-22)29(33)28(35-30)20-26-25-11-7-6-10-23(25)14-17-27(26)34-2/h3-17,20H,18-19H2,1-2H3/b28-20+,31-30?. The Bertz CT molecular complexity index is 1430. The van der Waals surface area contributed by atoms with Crippen molar-refractivity contribution in [3.63, 3.8) is 0 Å². The van der Waals surface area contributed by atoms with Crippen molar-refractivity contribution in [2.45, 2.75) is 13.3 Å². The van der Waals surface area contributed by atoms with Crippen LogP contribution in [0.25, 0.3) is 16.8 Å². The Hall–Kier alpha value is -3.83. The number of hydrogen-bond donors (Lipinski definition) is 0. The Labute approximate surface area is 210 Å². The van der Waals surface area contributed by atoms with E-state index in [9.17, 15) is 4.79 Å². The fraction of sp³-hybridized carbons (Fsp3) is 0.133. The molecule has 0 unspecified atom stereocenters. The van der Waals surface area contributed by atoms with Gasteiger partial charge in [-0.1, -0.05) is 78.4 Å². The molecule has 1 aliphatic heterocycles. The minimum absolute atomic E-state index is 0.0354. The Morgan fingerprint density at radius 1 is 0.914 bits per heavy atom. The normalized spacial score (nSPS) is 15.9. The summed E-state index contributed by atoms with van der Waals surface area (Å²) < 4.78 is 5.66. The smallest absolute Gasteiger partial charge is 0.266 e. The molecule has 0 aliphatic carbocycles. The van der Waals surface area contributed by atoms with Crippen molar-refractivity contribution in [1.29, 1.82) is 0 Å². The van der Waals surface area contributed by atoms with Crippen molar-refractivity contribution in [1.82, 2.24) is 4.90 Å². The van der Waals surface area contributed by atoms with Gasteiger partial charge in [0, 0.05) is 12.1 Å².